The normalized spacial score (nSPS) is 9.44. The molecular formula is C12H9N3O. The molecule has 2 rings (SSSR count). The highest BCUT2D eigenvalue weighted by Gasteiger charge is 2.05. The Hall–Kier alpha value is -2.54. The summed E-state index contributed by atoms with van der Waals surface area (Å²) in [6.07, 6.45) is 3.09. The Morgan fingerprint density at radius 3 is 2.75 bits per heavy atom. The SMILES string of the molecule is N#Cc1ccccc1Oc1ccncc1N. The van der Waals surface area contributed by atoms with Gasteiger partial charge in [-0.25, -0.2) is 0 Å². The summed E-state index contributed by atoms with van der Waals surface area (Å²) in [5.74, 6) is 0.987. The fourth-order valence-electron chi connectivity index (χ4n) is 1.25. The smallest absolute Gasteiger partial charge is 0.153 e. The second-order valence-corrected chi connectivity index (χ2v) is 3.12. The number of nitrogens with two attached hydrogens (primary N) is 1. The minimum Gasteiger partial charge on any atom is -0.454 e. The lowest BCUT2D eigenvalue weighted by Gasteiger charge is -2.08. The molecular weight excluding hydrogens is 202 g/mol. The largest absolute Gasteiger partial charge is 0.454 e. The Morgan fingerprint density at radius 2 is 2.00 bits per heavy atom. The second kappa shape index (κ2) is 4.32. The quantitative estimate of drug-likeness (QED) is 0.827. The lowest BCUT2D eigenvalue weighted by Crippen LogP contribution is -1.93. The minimum absolute atomic E-state index is 0.440. The van der Waals surface area contributed by atoms with E-state index in [1.807, 2.05) is 0 Å². The van der Waals surface area contributed by atoms with E-state index in [0.29, 0.717) is 22.7 Å². The van der Waals surface area contributed by atoms with Gasteiger partial charge in [0.2, 0.25) is 0 Å². The van der Waals surface area contributed by atoms with E-state index in [1.165, 1.54) is 6.20 Å². The van der Waals surface area contributed by atoms with E-state index in [9.17, 15) is 0 Å². The van der Waals surface area contributed by atoms with Crippen molar-refractivity contribution in [2.75, 3.05) is 5.73 Å². The lowest BCUT2D eigenvalue weighted by molar-refractivity contribution is 0.483. The molecule has 0 bridgehead atoms. The summed E-state index contributed by atoms with van der Waals surface area (Å²) >= 11 is 0. The molecule has 4 nitrogen and oxygen atoms in total. The van der Waals surface area contributed by atoms with Gasteiger partial charge in [-0.05, 0) is 12.1 Å². The van der Waals surface area contributed by atoms with Crippen LogP contribution in [0.4, 0.5) is 5.69 Å². The van der Waals surface area contributed by atoms with Gasteiger partial charge in [-0.15, -0.1) is 0 Å². The van der Waals surface area contributed by atoms with Crippen molar-refractivity contribution in [1.29, 1.82) is 5.26 Å². The molecule has 1 aromatic heterocycles. The predicted octanol–water partition coefficient (Wildman–Crippen LogP) is 2.33. The predicted molar refractivity (Wildman–Crippen MR) is 59.9 cm³/mol. The molecule has 1 heterocycles. The standard InChI is InChI=1S/C12H9N3O/c13-7-9-3-1-2-4-11(9)16-12-5-6-15-8-10(12)14/h1-6,8H,14H2. The Morgan fingerprint density at radius 1 is 1.19 bits per heavy atom. The van der Waals surface area contributed by atoms with Crippen LogP contribution >= 0.6 is 0 Å². The van der Waals surface area contributed by atoms with Crippen LogP contribution in [0.1, 0.15) is 5.56 Å². The molecule has 78 valence electrons. The van der Waals surface area contributed by atoms with Crippen LogP contribution in [0.25, 0.3) is 0 Å². The molecule has 0 aliphatic carbocycles. The number of para-hydroxylation sites is 1. The van der Waals surface area contributed by atoms with Crippen LogP contribution in [0.5, 0.6) is 11.5 Å². The van der Waals surface area contributed by atoms with Gasteiger partial charge < -0.3 is 10.5 Å². The van der Waals surface area contributed by atoms with Crippen molar-refractivity contribution in [2.24, 2.45) is 0 Å². The number of hydrogen-bond donors (Lipinski definition) is 1. The molecule has 0 saturated carbocycles. The molecule has 4 heteroatoms. The van der Waals surface area contributed by atoms with E-state index in [-0.39, 0.29) is 0 Å². The fourth-order valence-corrected chi connectivity index (χ4v) is 1.25. The van der Waals surface area contributed by atoms with Gasteiger partial charge in [0, 0.05) is 12.3 Å². The zero-order valence-corrected chi connectivity index (χ0v) is 8.42. The van der Waals surface area contributed by atoms with Crippen molar-refractivity contribution in [1.82, 2.24) is 4.98 Å². The summed E-state index contributed by atoms with van der Waals surface area (Å²) in [5, 5.41) is 8.89. The average molecular weight is 211 g/mol. The summed E-state index contributed by atoms with van der Waals surface area (Å²) in [6, 6.07) is 10.7. The van der Waals surface area contributed by atoms with Gasteiger partial charge in [0.1, 0.15) is 11.8 Å². The molecule has 0 amide bonds. The van der Waals surface area contributed by atoms with Crippen LogP contribution in [0.3, 0.4) is 0 Å². The highest BCUT2D eigenvalue weighted by Crippen LogP contribution is 2.28. The summed E-state index contributed by atoms with van der Waals surface area (Å²) in [4.78, 5) is 3.86. The number of pyridine rings is 1. The van der Waals surface area contributed by atoms with Gasteiger partial charge in [0.25, 0.3) is 0 Å². The molecule has 1 aromatic carbocycles. The summed E-state index contributed by atoms with van der Waals surface area (Å²) in [7, 11) is 0. The molecule has 2 N–H and O–H groups in total. The first-order valence-electron chi connectivity index (χ1n) is 4.67. The van der Waals surface area contributed by atoms with Gasteiger partial charge in [-0.1, -0.05) is 12.1 Å². The van der Waals surface area contributed by atoms with Crippen LogP contribution in [-0.2, 0) is 0 Å². The number of nitrogens with zero attached hydrogens (tertiary/aromatic N) is 2. The van der Waals surface area contributed by atoms with Crippen LogP contribution in [0, 0.1) is 11.3 Å². The van der Waals surface area contributed by atoms with Gasteiger partial charge >= 0.3 is 0 Å². The van der Waals surface area contributed by atoms with E-state index in [2.05, 4.69) is 11.1 Å². The number of hydrogen-bond acceptors (Lipinski definition) is 4. The molecule has 2 aromatic rings. The Kier molecular flexibility index (Phi) is 2.70. The van der Waals surface area contributed by atoms with Crippen LogP contribution in [-0.4, -0.2) is 4.98 Å². The van der Waals surface area contributed by atoms with Crippen LogP contribution in [0.15, 0.2) is 42.7 Å². The van der Waals surface area contributed by atoms with E-state index in [0.717, 1.165) is 0 Å². The molecule has 0 aliphatic heterocycles. The molecule has 0 radical (unpaired) electrons. The van der Waals surface area contributed by atoms with Crippen molar-refractivity contribution < 1.29 is 4.74 Å². The topological polar surface area (TPSA) is 71.9 Å². The number of rotatable bonds is 2. The third kappa shape index (κ3) is 1.93. The molecule has 0 saturated heterocycles. The summed E-state index contributed by atoms with van der Waals surface area (Å²) < 4.78 is 5.54. The zero-order valence-electron chi connectivity index (χ0n) is 8.42. The van der Waals surface area contributed by atoms with E-state index in [4.69, 9.17) is 15.7 Å². The van der Waals surface area contributed by atoms with E-state index in [1.54, 1.807) is 36.5 Å². The van der Waals surface area contributed by atoms with Crippen molar-refractivity contribution in [2.45, 2.75) is 0 Å². The molecule has 0 spiro atoms. The van der Waals surface area contributed by atoms with Gasteiger partial charge in [-0.3, -0.25) is 4.98 Å². The van der Waals surface area contributed by atoms with Crippen molar-refractivity contribution in [3.63, 3.8) is 0 Å². The zero-order chi connectivity index (χ0) is 11.4. The first-order valence-corrected chi connectivity index (χ1v) is 4.67. The van der Waals surface area contributed by atoms with Crippen molar-refractivity contribution >= 4 is 5.69 Å². The Labute approximate surface area is 92.9 Å². The summed E-state index contributed by atoms with van der Waals surface area (Å²) in [6.45, 7) is 0. The monoisotopic (exact) mass is 211 g/mol. The molecule has 0 unspecified atom stereocenters. The first kappa shape index (κ1) is 9.99. The second-order valence-electron chi connectivity index (χ2n) is 3.12. The number of benzene rings is 1. The van der Waals surface area contributed by atoms with Gasteiger partial charge in [0.05, 0.1) is 17.4 Å². The minimum atomic E-state index is 0.440. The maximum Gasteiger partial charge on any atom is 0.153 e. The third-order valence-corrected chi connectivity index (χ3v) is 2.04. The third-order valence-electron chi connectivity index (χ3n) is 2.04. The van der Waals surface area contributed by atoms with E-state index >= 15 is 0 Å². The Balaban J connectivity index is 2.35. The number of anilines is 1. The first-order chi connectivity index (χ1) is 7.81. The Bertz CT molecular complexity index is 546. The van der Waals surface area contributed by atoms with Crippen LogP contribution < -0.4 is 10.5 Å². The maximum atomic E-state index is 8.89. The maximum absolute atomic E-state index is 8.89. The van der Waals surface area contributed by atoms with Gasteiger partial charge in [0.15, 0.2) is 5.75 Å². The summed E-state index contributed by atoms with van der Waals surface area (Å²) in [5.41, 5.74) is 6.60. The number of ether oxygens (including phenoxy) is 1. The number of nitriles is 1. The highest BCUT2D eigenvalue weighted by molar-refractivity contribution is 5.53. The average Bonchev–Trinajstić information content (AvgIpc) is 2.33. The lowest BCUT2D eigenvalue weighted by atomic mass is 10.2. The van der Waals surface area contributed by atoms with E-state index < -0.39 is 0 Å². The number of aromatic nitrogens is 1. The molecule has 0 atom stereocenters. The molecule has 0 fully saturated rings. The number of nitrogen functional groups attached to an aromatic ring is 1. The van der Waals surface area contributed by atoms with Crippen molar-refractivity contribution in [3.8, 4) is 17.6 Å². The molecule has 0 aliphatic rings. The van der Waals surface area contributed by atoms with Gasteiger partial charge in [-0.2, -0.15) is 5.26 Å². The fraction of sp³-hybridized carbons (Fsp3) is 0. The van der Waals surface area contributed by atoms with Crippen molar-refractivity contribution in [3.05, 3.63) is 48.3 Å². The highest BCUT2D eigenvalue weighted by atomic mass is 16.5. The van der Waals surface area contributed by atoms with Crippen LogP contribution in [0.2, 0.25) is 0 Å². The molecule has 16 heavy (non-hydrogen) atoms.